The second kappa shape index (κ2) is 11.0. The van der Waals surface area contributed by atoms with Crippen LogP contribution in [0, 0.1) is 11.8 Å². The summed E-state index contributed by atoms with van der Waals surface area (Å²) in [6.45, 7) is 6.51. The number of nitrogens with zero attached hydrogens (tertiary/aromatic N) is 1. The quantitative estimate of drug-likeness (QED) is 0.377. The highest BCUT2D eigenvalue weighted by molar-refractivity contribution is 7.89. The number of hydrogen-bond acceptors (Lipinski definition) is 4. The minimum atomic E-state index is -3.54. The van der Waals surface area contributed by atoms with Crippen molar-refractivity contribution in [3.63, 3.8) is 0 Å². The molecule has 1 aliphatic carbocycles. The van der Waals surface area contributed by atoms with Crippen LogP contribution in [0.2, 0.25) is 0 Å². The van der Waals surface area contributed by atoms with Gasteiger partial charge in [-0.05, 0) is 60.1 Å². The van der Waals surface area contributed by atoms with Gasteiger partial charge in [-0.3, -0.25) is 0 Å². The van der Waals surface area contributed by atoms with Gasteiger partial charge in [0, 0.05) is 13.1 Å². The van der Waals surface area contributed by atoms with Crippen LogP contribution in [0.4, 0.5) is 0 Å². The summed E-state index contributed by atoms with van der Waals surface area (Å²) < 4.78 is 40.2. The fraction of sp³-hybridized carbons (Fsp3) is 0.462. The molecule has 6 heteroatoms. The van der Waals surface area contributed by atoms with Gasteiger partial charge in [-0.1, -0.05) is 50.1 Å². The molecule has 32 heavy (non-hydrogen) atoms. The topological polar surface area (TPSA) is 55.8 Å². The van der Waals surface area contributed by atoms with E-state index >= 15 is 0 Å². The number of ether oxygens (including phenoxy) is 2. The number of benzene rings is 2. The van der Waals surface area contributed by atoms with Crippen LogP contribution < -0.4 is 9.47 Å². The summed E-state index contributed by atoms with van der Waals surface area (Å²) in [4.78, 5) is 0. The Morgan fingerprint density at radius 3 is 1.81 bits per heavy atom. The Bertz CT molecular complexity index is 916. The van der Waals surface area contributed by atoms with Crippen molar-refractivity contribution >= 4 is 10.0 Å². The summed E-state index contributed by atoms with van der Waals surface area (Å²) in [7, 11) is -0.297. The van der Waals surface area contributed by atoms with Crippen molar-refractivity contribution < 1.29 is 17.9 Å². The number of allylic oxidation sites excluding steroid dienone is 1. The van der Waals surface area contributed by atoms with Crippen molar-refractivity contribution in [3.05, 3.63) is 72.3 Å². The van der Waals surface area contributed by atoms with Crippen LogP contribution in [0.3, 0.4) is 0 Å². The number of hydrogen-bond donors (Lipinski definition) is 0. The predicted octanol–water partition coefficient (Wildman–Crippen LogP) is 5.42. The normalized spacial score (nSPS) is 15.9. The van der Waals surface area contributed by atoms with E-state index in [1.807, 2.05) is 61.5 Å². The van der Waals surface area contributed by atoms with Gasteiger partial charge in [0.15, 0.2) is 0 Å². The van der Waals surface area contributed by atoms with Gasteiger partial charge < -0.3 is 9.47 Å². The fourth-order valence-corrected chi connectivity index (χ4v) is 6.30. The van der Waals surface area contributed by atoms with Crippen LogP contribution in [-0.4, -0.2) is 32.2 Å². The van der Waals surface area contributed by atoms with Crippen LogP contribution >= 0.6 is 0 Å². The summed E-state index contributed by atoms with van der Waals surface area (Å²) in [6.07, 6.45) is 5.50. The van der Waals surface area contributed by atoms with E-state index in [0.717, 1.165) is 41.9 Å². The van der Waals surface area contributed by atoms with E-state index in [2.05, 4.69) is 6.58 Å². The molecule has 1 fully saturated rings. The standard InChI is InChI=1S/C26H35NO4S/c1-5-6-20(2)26(17-21-7-8-21)32(28,29)27(18-22-9-13-24(30-3)14-10-22)19-23-11-15-25(31-4)16-12-23/h5,9-16,20-21,26H,1,6-8,17-19H2,2-4H3/t20-,26?/m1/s1. The molecule has 0 saturated heterocycles. The van der Waals surface area contributed by atoms with Crippen LogP contribution in [0.25, 0.3) is 0 Å². The maximum atomic E-state index is 14.0. The Labute approximate surface area is 193 Å². The van der Waals surface area contributed by atoms with Crippen LogP contribution in [-0.2, 0) is 23.1 Å². The third-order valence-corrected chi connectivity index (χ3v) is 8.61. The summed E-state index contributed by atoms with van der Waals surface area (Å²) in [5.74, 6) is 2.05. The van der Waals surface area contributed by atoms with Gasteiger partial charge in [-0.15, -0.1) is 6.58 Å². The Hall–Kier alpha value is -2.31. The van der Waals surface area contributed by atoms with E-state index in [-0.39, 0.29) is 5.92 Å². The molecule has 0 radical (unpaired) electrons. The molecule has 5 nitrogen and oxygen atoms in total. The molecule has 2 aromatic rings. The molecule has 0 amide bonds. The lowest BCUT2D eigenvalue weighted by Crippen LogP contribution is -2.41. The van der Waals surface area contributed by atoms with Crippen molar-refractivity contribution in [2.24, 2.45) is 11.8 Å². The molecule has 1 unspecified atom stereocenters. The van der Waals surface area contributed by atoms with Gasteiger partial charge in [-0.25, -0.2) is 8.42 Å². The molecule has 0 bridgehead atoms. The minimum Gasteiger partial charge on any atom is -0.497 e. The Balaban J connectivity index is 1.92. The lowest BCUT2D eigenvalue weighted by Gasteiger charge is -2.31. The van der Waals surface area contributed by atoms with E-state index in [1.54, 1.807) is 18.5 Å². The van der Waals surface area contributed by atoms with E-state index in [4.69, 9.17) is 9.47 Å². The maximum absolute atomic E-state index is 14.0. The monoisotopic (exact) mass is 457 g/mol. The molecule has 0 spiro atoms. The summed E-state index contributed by atoms with van der Waals surface area (Å²) in [5, 5.41) is -0.413. The average Bonchev–Trinajstić information content (AvgIpc) is 3.62. The van der Waals surface area contributed by atoms with Crippen LogP contribution in [0.1, 0.15) is 43.7 Å². The van der Waals surface area contributed by atoms with E-state index in [1.165, 1.54) is 0 Å². The van der Waals surface area contributed by atoms with E-state index in [9.17, 15) is 8.42 Å². The number of sulfonamides is 1. The predicted molar refractivity (Wildman–Crippen MR) is 129 cm³/mol. The SMILES string of the molecule is C=CC[C@@H](C)C(CC1CC1)S(=O)(=O)N(Cc1ccc(OC)cc1)Cc1ccc(OC)cc1. The van der Waals surface area contributed by atoms with Crippen LogP contribution in [0.15, 0.2) is 61.2 Å². The van der Waals surface area contributed by atoms with Crippen molar-refractivity contribution in [1.29, 1.82) is 0 Å². The molecule has 2 atom stereocenters. The molecular weight excluding hydrogens is 422 g/mol. The third-order valence-electron chi connectivity index (χ3n) is 6.21. The molecule has 3 rings (SSSR count). The lowest BCUT2D eigenvalue weighted by molar-refractivity contribution is 0.370. The molecule has 0 heterocycles. The zero-order valence-corrected chi connectivity index (χ0v) is 20.2. The first-order valence-corrected chi connectivity index (χ1v) is 12.7. The van der Waals surface area contributed by atoms with Crippen molar-refractivity contribution in [3.8, 4) is 11.5 Å². The largest absolute Gasteiger partial charge is 0.497 e. The van der Waals surface area contributed by atoms with Gasteiger partial charge in [0.05, 0.1) is 19.5 Å². The molecule has 1 aliphatic rings. The van der Waals surface area contributed by atoms with Gasteiger partial charge >= 0.3 is 0 Å². The van der Waals surface area contributed by atoms with E-state index < -0.39 is 15.3 Å². The highest BCUT2D eigenvalue weighted by Gasteiger charge is 2.39. The second-order valence-corrected chi connectivity index (χ2v) is 10.9. The summed E-state index contributed by atoms with van der Waals surface area (Å²) >= 11 is 0. The molecule has 1 saturated carbocycles. The molecule has 0 aliphatic heterocycles. The highest BCUT2D eigenvalue weighted by Crippen LogP contribution is 2.39. The van der Waals surface area contributed by atoms with Gasteiger partial charge in [0.1, 0.15) is 11.5 Å². The first kappa shape index (κ1) is 24.3. The number of rotatable bonds is 13. The molecule has 174 valence electrons. The first-order valence-electron chi connectivity index (χ1n) is 11.2. The summed E-state index contributed by atoms with van der Waals surface area (Å²) in [6, 6.07) is 15.2. The lowest BCUT2D eigenvalue weighted by atomic mass is 9.99. The molecule has 0 N–H and O–H groups in total. The smallest absolute Gasteiger partial charge is 0.217 e. The molecule has 0 aromatic heterocycles. The van der Waals surface area contributed by atoms with Crippen molar-refractivity contribution in [2.75, 3.05) is 14.2 Å². The average molecular weight is 458 g/mol. The second-order valence-electron chi connectivity index (χ2n) is 8.73. The highest BCUT2D eigenvalue weighted by atomic mass is 32.2. The Morgan fingerprint density at radius 1 is 0.969 bits per heavy atom. The van der Waals surface area contributed by atoms with Crippen molar-refractivity contribution in [2.45, 2.75) is 50.9 Å². The Morgan fingerprint density at radius 2 is 1.44 bits per heavy atom. The maximum Gasteiger partial charge on any atom is 0.217 e. The first-order chi connectivity index (χ1) is 15.4. The molecule has 2 aromatic carbocycles. The third kappa shape index (κ3) is 6.36. The van der Waals surface area contributed by atoms with Crippen LogP contribution in [0.5, 0.6) is 11.5 Å². The number of methoxy groups -OCH3 is 2. The van der Waals surface area contributed by atoms with Gasteiger partial charge in [0.2, 0.25) is 10.0 Å². The van der Waals surface area contributed by atoms with Crippen molar-refractivity contribution in [1.82, 2.24) is 4.31 Å². The zero-order chi connectivity index (χ0) is 23.1. The minimum absolute atomic E-state index is 0.0207. The fourth-order valence-electron chi connectivity index (χ4n) is 4.04. The van der Waals surface area contributed by atoms with Gasteiger partial charge in [0.25, 0.3) is 0 Å². The molecular formula is C26H35NO4S. The van der Waals surface area contributed by atoms with Gasteiger partial charge in [-0.2, -0.15) is 4.31 Å². The summed E-state index contributed by atoms with van der Waals surface area (Å²) in [5.41, 5.74) is 1.87. The Kier molecular flexibility index (Phi) is 8.38. The zero-order valence-electron chi connectivity index (χ0n) is 19.4. The van der Waals surface area contributed by atoms with E-state index in [0.29, 0.717) is 25.4 Å².